The lowest BCUT2D eigenvalue weighted by molar-refractivity contribution is 0.0632. The number of ether oxygens (including phenoxy) is 1. The summed E-state index contributed by atoms with van der Waals surface area (Å²) in [5, 5.41) is 18.7. The molecule has 0 aliphatic heterocycles. The fourth-order valence-electron chi connectivity index (χ4n) is 2.28. The summed E-state index contributed by atoms with van der Waals surface area (Å²) >= 11 is 0. The fourth-order valence-corrected chi connectivity index (χ4v) is 2.28. The molecule has 0 radical (unpaired) electrons. The van der Waals surface area contributed by atoms with Gasteiger partial charge in [0.05, 0.1) is 20.3 Å². The molecule has 2 rings (SSSR count). The van der Waals surface area contributed by atoms with Crippen LogP contribution in [-0.2, 0) is 12.8 Å². The van der Waals surface area contributed by atoms with E-state index in [1.807, 2.05) is 18.2 Å². The SMILES string of the molecule is COc1cccc2c1CC(CO)(CO)C2. The van der Waals surface area contributed by atoms with Crippen molar-refractivity contribution < 1.29 is 14.9 Å². The van der Waals surface area contributed by atoms with Crippen LogP contribution in [0.4, 0.5) is 0 Å². The number of hydrogen-bond donors (Lipinski definition) is 2. The Balaban J connectivity index is 2.37. The summed E-state index contributed by atoms with van der Waals surface area (Å²) in [7, 11) is 1.65. The van der Waals surface area contributed by atoms with E-state index >= 15 is 0 Å². The molecule has 1 aromatic carbocycles. The summed E-state index contributed by atoms with van der Waals surface area (Å²) in [6.07, 6.45) is 1.42. The minimum Gasteiger partial charge on any atom is -0.496 e. The van der Waals surface area contributed by atoms with E-state index in [4.69, 9.17) is 4.74 Å². The molecule has 0 aromatic heterocycles. The zero-order chi connectivity index (χ0) is 10.9. The molecule has 0 amide bonds. The molecule has 3 nitrogen and oxygen atoms in total. The van der Waals surface area contributed by atoms with Gasteiger partial charge in [-0.1, -0.05) is 12.1 Å². The van der Waals surface area contributed by atoms with Gasteiger partial charge in [-0.25, -0.2) is 0 Å². The number of aliphatic hydroxyl groups is 2. The molecular weight excluding hydrogens is 192 g/mol. The monoisotopic (exact) mass is 208 g/mol. The van der Waals surface area contributed by atoms with Crippen molar-refractivity contribution in [3.63, 3.8) is 0 Å². The van der Waals surface area contributed by atoms with Crippen molar-refractivity contribution in [2.45, 2.75) is 12.8 Å². The first-order valence-electron chi connectivity index (χ1n) is 5.11. The van der Waals surface area contributed by atoms with E-state index in [-0.39, 0.29) is 13.2 Å². The van der Waals surface area contributed by atoms with Gasteiger partial charge in [0.2, 0.25) is 0 Å². The van der Waals surface area contributed by atoms with E-state index in [9.17, 15) is 10.2 Å². The van der Waals surface area contributed by atoms with E-state index < -0.39 is 5.41 Å². The highest BCUT2D eigenvalue weighted by Crippen LogP contribution is 2.40. The Morgan fingerprint density at radius 1 is 1.27 bits per heavy atom. The Labute approximate surface area is 89.3 Å². The third-order valence-electron chi connectivity index (χ3n) is 3.24. The first-order chi connectivity index (χ1) is 7.24. The second-order valence-electron chi connectivity index (χ2n) is 4.27. The predicted octanol–water partition coefficient (Wildman–Crippen LogP) is 0.765. The largest absolute Gasteiger partial charge is 0.496 e. The lowest BCUT2D eigenvalue weighted by atomic mass is 9.87. The zero-order valence-corrected chi connectivity index (χ0v) is 8.86. The van der Waals surface area contributed by atoms with Crippen LogP contribution in [0.15, 0.2) is 18.2 Å². The maximum atomic E-state index is 9.35. The van der Waals surface area contributed by atoms with E-state index in [1.165, 1.54) is 5.56 Å². The maximum Gasteiger partial charge on any atom is 0.122 e. The average Bonchev–Trinajstić information content (AvgIpc) is 2.68. The Morgan fingerprint density at radius 3 is 2.60 bits per heavy atom. The Morgan fingerprint density at radius 2 is 2.00 bits per heavy atom. The van der Waals surface area contributed by atoms with Crippen molar-refractivity contribution in [1.82, 2.24) is 0 Å². The third-order valence-corrected chi connectivity index (χ3v) is 3.24. The average molecular weight is 208 g/mol. The molecule has 0 saturated heterocycles. The Bertz CT molecular complexity index is 356. The molecule has 82 valence electrons. The molecule has 1 aliphatic carbocycles. The molecule has 0 atom stereocenters. The van der Waals surface area contributed by atoms with Crippen LogP contribution in [0.1, 0.15) is 11.1 Å². The summed E-state index contributed by atoms with van der Waals surface area (Å²) in [6, 6.07) is 5.90. The standard InChI is InChI=1S/C12H16O3/c1-15-11-4-2-3-9-5-12(7-13,8-14)6-10(9)11/h2-4,13-14H,5-8H2,1H3. The number of benzene rings is 1. The van der Waals surface area contributed by atoms with Crippen LogP contribution >= 0.6 is 0 Å². The van der Waals surface area contributed by atoms with Crippen molar-refractivity contribution >= 4 is 0 Å². The Kier molecular flexibility index (Phi) is 2.67. The van der Waals surface area contributed by atoms with Crippen LogP contribution in [0.5, 0.6) is 5.75 Å². The lowest BCUT2D eigenvalue weighted by Gasteiger charge is -2.22. The smallest absolute Gasteiger partial charge is 0.122 e. The second kappa shape index (κ2) is 3.83. The highest BCUT2D eigenvalue weighted by molar-refractivity contribution is 5.45. The molecule has 0 spiro atoms. The number of aliphatic hydroxyl groups excluding tert-OH is 2. The number of fused-ring (bicyclic) bond motifs is 1. The lowest BCUT2D eigenvalue weighted by Crippen LogP contribution is -2.30. The van der Waals surface area contributed by atoms with Gasteiger partial charge in [-0.05, 0) is 30.0 Å². The van der Waals surface area contributed by atoms with Gasteiger partial charge in [0.1, 0.15) is 5.75 Å². The molecule has 1 aliphatic rings. The fraction of sp³-hybridized carbons (Fsp3) is 0.500. The van der Waals surface area contributed by atoms with Gasteiger partial charge in [0.25, 0.3) is 0 Å². The van der Waals surface area contributed by atoms with Crippen LogP contribution in [-0.4, -0.2) is 30.5 Å². The van der Waals surface area contributed by atoms with Crippen molar-refractivity contribution in [2.75, 3.05) is 20.3 Å². The van der Waals surface area contributed by atoms with Gasteiger partial charge in [-0.3, -0.25) is 0 Å². The van der Waals surface area contributed by atoms with Crippen LogP contribution in [0, 0.1) is 5.41 Å². The summed E-state index contributed by atoms with van der Waals surface area (Å²) in [5.41, 5.74) is 1.91. The maximum absolute atomic E-state index is 9.35. The third kappa shape index (κ3) is 1.62. The highest BCUT2D eigenvalue weighted by atomic mass is 16.5. The number of methoxy groups -OCH3 is 1. The molecule has 2 N–H and O–H groups in total. The van der Waals surface area contributed by atoms with Gasteiger partial charge in [0, 0.05) is 5.41 Å². The molecule has 0 fully saturated rings. The highest BCUT2D eigenvalue weighted by Gasteiger charge is 2.37. The summed E-state index contributed by atoms with van der Waals surface area (Å²) in [5.74, 6) is 0.858. The van der Waals surface area contributed by atoms with Gasteiger partial charge in [-0.15, -0.1) is 0 Å². The quantitative estimate of drug-likeness (QED) is 0.771. The Hall–Kier alpha value is -1.06. The molecule has 3 heteroatoms. The van der Waals surface area contributed by atoms with Crippen LogP contribution < -0.4 is 4.74 Å². The van der Waals surface area contributed by atoms with E-state index in [2.05, 4.69) is 0 Å². The van der Waals surface area contributed by atoms with Gasteiger partial charge in [0.15, 0.2) is 0 Å². The first kappa shape index (κ1) is 10.5. The van der Waals surface area contributed by atoms with Crippen LogP contribution in [0.2, 0.25) is 0 Å². The van der Waals surface area contributed by atoms with Gasteiger partial charge >= 0.3 is 0 Å². The number of rotatable bonds is 3. The van der Waals surface area contributed by atoms with Gasteiger partial charge in [-0.2, -0.15) is 0 Å². The topological polar surface area (TPSA) is 49.7 Å². The van der Waals surface area contributed by atoms with E-state index in [1.54, 1.807) is 7.11 Å². The van der Waals surface area contributed by atoms with Crippen LogP contribution in [0.25, 0.3) is 0 Å². The molecule has 15 heavy (non-hydrogen) atoms. The van der Waals surface area contributed by atoms with Crippen molar-refractivity contribution in [1.29, 1.82) is 0 Å². The second-order valence-corrected chi connectivity index (χ2v) is 4.27. The molecular formula is C12H16O3. The van der Waals surface area contributed by atoms with Crippen molar-refractivity contribution in [3.05, 3.63) is 29.3 Å². The van der Waals surface area contributed by atoms with Crippen molar-refractivity contribution in [2.24, 2.45) is 5.41 Å². The summed E-state index contributed by atoms with van der Waals surface area (Å²) in [4.78, 5) is 0. The molecule has 0 bridgehead atoms. The normalized spacial score (nSPS) is 17.5. The minimum atomic E-state index is -0.392. The summed E-state index contributed by atoms with van der Waals surface area (Å²) in [6.45, 7) is 0.0304. The number of hydrogen-bond acceptors (Lipinski definition) is 3. The van der Waals surface area contributed by atoms with E-state index in [0.717, 1.165) is 17.7 Å². The summed E-state index contributed by atoms with van der Waals surface area (Å²) < 4.78 is 5.28. The van der Waals surface area contributed by atoms with E-state index in [0.29, 0.717) is 6.42 Å². The van der Waals surface area contributed by atoms with Gasteiger partial charge < -0.3 is 14.9 Å². The molecule has 0 unspecified atom stereocenters. The molecule has 1 aromatic rings. The van der Waals surface area contributed by atoms with Crippen LogP contribution in [0.3, 0.4) is 0 Å². The zero-order valence-electron chi connectivity index (χ0n) is 8.86. The predicted molar refractivity (Wildman–Crippen MR) is 57.0 cm³/mol. The molecule has 0 saturated carbocycles. The minimum absolute atomic E-state index is 0.0152. The first-order valence-corrected chi connectivity index (χ1v) is 5.11. The van der Waals surface area contributed by atoms with Crippen molar-refractivity contribution in [3.8, 4) is 5.75 Å². The molecule has 0 heterocycles.